The Morgan fingerprint density at radius 1 is 1.42 bits per heavy atom. The summed E-state index contributed by atoms with van der Waals surface area (Å²) in [5.41, 5.74) is 2.36. The summed E-state index contributed by atoms with van der Waals surface area (Å²) < 4.78 is 0. The molecule has 0 saturated heterocycles. The van der Waals surface area contributed by atoms with Crippen molar-refractivity contribution in [3.63, 3.8) is 0 Å². The molecule has 1 aliphatic rings. The summed E-state index contributed by atoms with van der Waals surface area (Å²) in [6.07, 6.45) is 5.69. The summed E-state index contributed by atoms with van der Waals surface area (Å²) >= 11 is 0. The Hall–Kier alpha value is -1.18. The van der Waals surface area contributed by atoms with Crippen molar-refractivity contribution in [2.45, 2.75) is 19.8 Å². The van der Waals surface area contributed by atoms with Crippen LogP contribution in [0.25, 0.3) is 0 Å². The molecule has 1 aromatic heterocycles. The van der Waals surface area contributed by atoms with Crippen molar-refractivity contribution >= 4 is 11.9 Å². The topological polar surface area (TPSA) is 25.2 Å². The number of rotatable bonds is 1. The first-order valence-electron chi connectivity index (χ1n) is 4.27. The van der Waals surface area contributed by atoms with Crippen molar-refractivity contribution in [3.8, 4) is 0 Å². The van der Waals surface area contributed by atoms with E-state index in [1.807, 2.05) is 18.6 Å². The SMILES string of the molecule is CC(C)C1C=Nc2cnccc21. The average molecular weight is 160 g/mol. The van der Waals surface area contributed by atoms with Crippen LogP contribution in [-0.2, 0) is 0 Å². The number of aromatic nitrogens is 1. The quantitative estimate of drug-likeness (QED) is 0.619. The van der Waals surface area contributed by atoms with Crippen LogP contribution in [0.2, 0.25) is 0 Å². The number of hydrogen-bond donors (Lipinski definition) is 0. The summed E-state index contributed by atoms with van der Waals surface area (Å²) in [6, 6.07) is 2.06. The highest BCUT2D eigenvalue weighted by atomic mass is 14.8. The van der Waals surface area contributed by atoms with Gasteiger partial charge in [0.25, 0.3) is 0 Å². The molecule has 0 bridgehead atoms. The summed E-state index contributed by atoms with van der Waals surface area (Å²) in [5.74, 6) is 1.11. The Morgan fingerprint density at radius 2 is 2.25 bits per heavy atom. The van der Waals surface area contributed by atoms with E-state index in [-0.39, 0.29) is 0 Å². The Bertz CT molecular complexity index is 315. The van der Waals surface area contributed by atoms with E-state index in [0.717, 1.165) is 5.69 Å². The lowest BCUT2D eigenvalue weighted by Gasteiger charge is -2.11. The molecule has 0 spiro atoms. The van der Waals surface area contributed by atoms with Gasteiger partial charge in [-0.1, -0.05) is 13.8 Å². The van der Waals surface area contributed by atoms with Gasteiger partial charge in [0.1, 0.15) is 0 Å². The van der Waals surface area contributed by atoms with Crippen LogP contribution in [0.5, 0.6) is 0 Å². The van der Waals surface area contributed by atoms with Gasteiger partial charge in [0.2, 0.25) is 0 Å². The number of nitrogens with zero attached hydrogens (tertiary/aromatic N) is 2. The largest absolute Gasteiger partial charge is 0.262 e. The molecule has 0 saturated carbocycles. The normalized spacial score (nSPS) is 20.1. The first kappa shape index (κ1) is 7.47. The van der Waals surface area contributed by atoms with Crippen molar-refractivity contribution in [3.05, 3.63) is 24.0 Å². The molecular formula is C10H12N2. The average Bonchev–Trinajstić information content (AvgIpc) is 2.47. The number of fused-ring (bicyclic) bond motifs is 1. The lowest BCUT2D eigenvalue weighted by atomic mass is 9.91. The third-order valence-corrected chi connectivity index (χ3v) is 2.28. The van der Waals surface area contributed by atoms with Gasteiger partial charge in [0, 0.05) is 18.3 Å². The lowest BCUT2D eigenvalue weighted by Crippen LogP contribution is -2.04. The minimum atomic E-state index is 0.489. The molecule has 1 aromatic rings. The second-order valence-corrected chi connectivity index (χ2v) is 3.48. The van der Waals surface area contributed by atoms with Gasteiger partial charge in [-0.2, -0.15) is 0 Å². The molecule has 1 unspecified atom stereocenters. The molecule has 0 aromatic carbocycles. The molecular weight excluding hydrogens is 148 g/mol. The van der Waals surface area contributed by atoms with Crippen LogP contribution in [0.1, 0.15) is 25.3 Å². The Balaban J connectivity index is 2.42. The predicted octanol–water partition coefficient (Wildman–Crippen LogP) is 2.54. The fourth-order valence-electron chi connectivity index (χ4n) is 1.56. The molecule has 2 rings (SSSR count). The fourth-order valence-corrected chi connectivity index (χ4v) is 1.56. The van der Waals surface area contributed by atoms with Gasteiger partial charge in [-0.3, -0.25) is 9.98 Å². The van der Waals surface area contributed by atoms with Crippen molar-refractivity contribution in [2.75, 3.05) is 0 Å². The Kier molecular flexibility index (Phi) is 1.68. The summed E-state index contributed by atoms with van der Waals surface area (Å²) in [6.45, 7) is 4.43. The van der Waals surface area contributed by atoms with Gasteiger partial charge in [-0.05, 0) is 17.5 Å². The minimum absolute atomic E-state index is 0.489. The molecule has 2 heteroatoms. The maximum absolute atomic E-state index is 4.31. The van der Waals surface area contributed by atoms with Crippen molar-refractivity contribution in [2.24, 2.45) is 10.9 Å². The van der Waals surface area contributed by atoms with Crippen LogP contribution in [0.3, 0.4) is 0 Å². The van der Waals surface area contributed by atoms with Crippen LogP contribution in [0.4, 0.5) is 5.69 Å². The predicted molar refractivity (Wildman–Crippen MR) is 50.0 cm³/mol. The van der Waals surface area contributed by atoms with E-state index in [4.69, 9.17) is 0 Å². The monoisotopic (exact) mass is 160 g/mol. The second-order valence-electron chi connectivity index (χ2n) is 3.48. The molecule has 0 fully saturated rings. The Labute approximate surface area is 72.4 Å². The summed E-state index contributed by atoms with van der Waals surface area (Å²) in [5, 5.41) is 0. The summed E-state index contributed by atoms with van der Waals surface area (Å²) in [4.78, 5) is 8.35. The van der Waals surface area contributed by atoms with Gasteiger partial charge in [0.15, 0.2) is 0 Å². The van der Waals surface area contributed by atoms with Gasteiger partial charge >= 0.3 is 0 Å². The standard InChI is InChI=1S/C10H12N2/c1-7(2)9-5-12-10-6-11-4-3-8(9)10/h3-7,9H,1-2H3. The number of aliphatic imine (C=N–C) groups is 1. The minimum Gasteiger partial charge on any atom is -0.262 e. The van der Waals surface area contributed by atoms with Gasteiger partial charge in [-0.25, -0.2) is 0 Å². The molecule has 0 N–H and O–H groups in total. The van der Waals surface area contributed by atoms with Crippen molar-refractivity contribution in [1.29, 1.82) is 0 Å². The second kappa shape index (κ2) is 2.70. The van der Waals surface area contributed by atoms with Crippen LogP contribution >= 0.6 is 0 Å². The van der Waals surface area contributed by atoms with E-state index in [9.17, 15) is 0 Å². The van der Waals surface area contributed by atoms with E-state index in [1.54, 1.807) is 0 Å². The smallest absolute Gasteiger partial charge is 0.0847 e. The van der Waals surface area contributed by atoms with Gasteiger partial charge in [0.05, 0.1) is 11.9 Å². The maximum atomic E-state index is 4.31. The molecule has 0 aliphatic carbocycles. The molecule has 62 valence electrons. The summed E-state index contributed by atoms with van der Waals surface area (Å²) in [7, 11) is 0. The molecule has 0 amide bonds. The molecule has 2 heterocycles. The third kappa shape index (κ3) is 1.04. The van der Waals surface area contributed by atoms with Crippen molar-refractivity contribution in [1.82, 2.24) is 4.98 Å². The first-order chi connectivity index (χ1) is 5.79. The van der Waals surface area contributed by atoms with Gasteiger partial charge in [-0.15, -0.1) is 0 Å². The van der Waals surface area contributed by atoms with E-state index in [0.29, 0.717) is 11.8 Å². The highest BCUT2D eigenvalue weighted by Crippen LogP contribution is 2.34. The zero-order valence-electron chi connectivity index (χ0n) is 7.36. The first-order valence-corrected chi connectivity index (χ1v) is 4.27. The Morgan fingerprint density at radius 3 is 3.00 bits per heavy atom. The van der Waals surface area contributed by atoms with Crippen LogP contribution in [-0.4, -0.2) is 11.2 Å². The number of hydrogen-bond acceptors (Lipinski definition) is 2. The molecule has 1 atom stereocenters. The molecule has 2 nitrogen and oxygen atoms in total. The maximum Gasteiger partial charge on any atom is 0.0847 e. The molecule has 0 radical (unpaired) electrons. The van der Waals surface area contributed by atoms with E-state index < -0.39 is 0 Å². The van der Waals surface area contributed by atoms with E-state index in [1.165, 1.54) is 5.56 Å². The highest BCUT2D eigenvalue weighted by molar-refractivity contribution is 5.80. The highest BCUT2D eigenvalue weighted by Gasteiger charge is 2.20. The van der Waals surface area contributed by atoms with Crippen LogP contribution in [0.15, 0.2) is 23.5 Å². The van der Waals surface area contributed by atoms with Crippen LogP contribution < -0.4 is 0 Å². The third-order valence-electron chi connectivity index (χ3n) is 2.28. The zero-order valence-corrected chi connectivity index (χ0v) is 7.36. The van der Waals surface area contributed by atoms with Crippen molar-refractivity contribution < 1.29 is 0 Å². The number of pyridine rings is 1. The van der Waals surface area contributed by atoms with Gasteiger partial charge < -0.3 is 0 Å². The molecule has 1 aliphatic heterocycles. The fraction of sp³-hybridized carbons (Fsp3) is 0.400. The molecule has 12 heavy (non-hydrogen) atoms. The van der Waals surface area contributed by atoms with Crippen LogP contribution in [0, 0.1) is 5.92 Å². The van der Waals surface area contributed by atoms with E-state index in [2.05, 4.69) is 29.9 Å². The zero-order chi connectivity index (χ0) is 8.55. The van der Waals surface area contributed by atoms with E-state index >= 15 is 0 Å². The lowest BCUT2D eigenvalue weighted by molar-refractivity contribution is 0.617.